The van der Waals surface area contributed by atoms with Crippen molar-refractivity contribution in [2.75, 3.05) is 12.3 Å². The van der Waals surface area contributed by atoms with Crippen LogP contribution < -0.4 is 5.73 Å². The number of halogens is 1. The Morgan fingerprint density at radius 3 is 2.88 bits per heavy atom. The molecule has 0 bridgehead atoms. The van der Waals surface area contributed by atoms with Crippen molar-refractivity contribution >= 4 is 11.8 Å². The zero-order valence-electron chi connectivity index (χ0n) is 9.24. The number of benzene rings is 1. The minimum Gasteiger partial charge on any atom is -0.330 e. The molecule has 0 amide bonds. The maximum atomic E-state index is 13.5. The van der Waals surface area contributed by atoms with Crippen molar-refractivity contribution in [3.63, 3.8) is 0 Å². The molecule has 16 heavy (non-hydrogen) atoms. The Balaban J connectivity index is 2.52. The van der Waals surface area contributed by atoms with Crippen LogP contribution in [0.15, 0.2) is 18.2 Å². The predicted molar refractivity (Wildman–Crippen MR) is 65.5 cm³/mol. The quantitative estimate of drug-likeness (QED) is 0.857. The summed E-state index contributed by atoms with van der Waals surface area (Å²) in [4.78, 5) is 0. The highest BCUT2D eigenvalue weighted by molar-refractivity contribution is 7.98. The molecule has 4 heteroatoms. The number of nitrogens with zero attached hydrogens (tertiary/aromatic N) is 1. The Morgan fingerprint density at radius 1 is 1.56 bits per heavy atom. The van der Waals surface area contributed by atoms with Gasteiger partial charge in [-0.1, -0.05) is 13.0 Å². The monoisotopic (exact) mass is 238 g/mol. The zero-order valence-corrected chi connectivity index (χ0v) is 10.1. The lowest BCUT2D eigenvalue weighted by Crippen LogP contribution is -2.12. The minimum absolute atomic E-state index is 0.299. The highest BCUT2D eigenvalue weighted by Crippen LogP contribution is 2.18. The summed E-state index contributed by atoms with van der Waals surface area (Å²) in [5, 5.41) is 8.60. The highest BCUT2D eigenvalue weighted by Gasteiger charge is 2.05. The number of hydrogen-bond donors (Lipinski definition) is 1. The van der Waals surface area contributed by atoms with Crippen molar-refractivity contribution in [1.82, 2.24) is 0 Å². The fourth-order valence-electron chi connectivity index (χ4n) is 1.17. The number of thioether (sulfide) groups is 1. The largest absolute Gasteiger partial charge is 0.330 e. The number of hydrogen-bond acceptors (Lipinski definition) is 3. The highest BCUT2D eigenvalue weighted by atomic mass is 32.2. The van der Waals surface area contributed by atoms with Gasteiger partial charge in [-0.2, -0.15) is 17.0 Å². The van der Waals surface area contributed by atoms with Gasteiger partial charge in [0, 0.05) is 5.75 Å². The number of rotatable bonds is 5. The van der Waals surface area contributed by atoms with E-state index < -0.39 is 0 Å². The Morgan fingerprint density at radius 2 is 2.31 bits per heavy atom. The third-order valence-electron chi connectivity index (χ3n) is 2.24. The van der Waals surface area contributed by atoms with Crippen LogP contribution in [0.1, 0.15) is 18.1 Å². The minimum atomic E-state index is -0.299. The average molecular weight is 238 g/mol. The van der Waals surface area contributed by atoms with E-state index in [4.69, 9.17) is 11.0 Å². The molecular weight excluding hydrogens is 223 g/mol. The first kappa shape index (κ1) is 13.0. The predicted octanol–water partition coefficient (Wildman–Crippen LogP) is 2.53. The van der Waals surface area contributed by atoms with Gasteiger partial charge < -0.3 is 5.73 Å². The maximum Gasteiger partial charge on any atom is 0.128 e. The van der Waals surface area contributed by atoms with E-state index in [0.29, 0.717) is 29.3 Å². The number of nitriles is 1. The zero-order chi connectivity index (χ0) is 12.0. The molecule has 0 aliphatic carbocycles. The molecule has 0 radical (unpaired) electrons. The molecule has 0 saturated heterocycles. The standard InChI is InChI=1S/C12H15FN2S/c1-9(5-14)7-16-8-11-3-2-10(6-15)4-12(11)13/h2-4,9H,5,7-8,14H2,1H3. The first-order valence-electron chi connectivity index (χ1n) is 5.13. The second-order valence-corrected chi connectivity index (χ2v) is 4.80. The van der Waals surface area contributed by atoms with Crippen LogP contribution in [0.5, 0.6) is 0 Å². The molecule has 1 atom stereocenters. The molecule has 0 spiro atoms. The average Bonchev–Trinajstić information content (AvgIpc) is 2.30. The lowest BCUT2D eigenvalue weighted by molar-refractivity contribution is 0.616. The lowest BCUT2D eigenvalue weighted by Gasteiger charge is -2.08. The fraction of sp³-hybridized carbons (Fsp3) is 0.417. The summed E-state index contributed by atoms with van der Waals surface area (Å²) >= 11 is 1.66. The Bertz CT molecular complexity index is 387. The van der Waals surface area contributed by atoms with Crippen molar-refractivity contribution in [3.05, 3.63) is 35.1 Å². The molecule has 1 rings (SSSR count). The SMILES string of the molecule is CC(CN)CSCc1ccc(C#N)cc1F. The van der Waals surface area contributed by atoms with Crippen LogP contribution in [0.3, 0.4) is 0 Å². The summed E-state index contributed by atoms with van der Waals surface area (Å²) in [5.41, 5.74) is 6.50. The van der Waals surface area contributed by atoms with Crippen LogP contribution in [0.25, 0.3) is 0 Å². The van der Waals surface area contributed by atoms with E-state index in [-0.39, 0.29) is 5.82 Å². The van der Waals surface area contributed by atoms with E-state index >= 15 is 0 Å². The topological polar surface area (TPSA) is 49.8 Å². The number of nitrogens with two attached hydrogens (primary N) is 1. The van der Waals surface area contributed by atoms with Gasteiger partial charge in [0.1, 0.15) is 5.82 Å². The molecule has 0 aromatic heterocycles. The molecule has 1 unspecified atom stereocenters. The molecule has 0 heterocycles. The maximum absolute atomic E-state index is 13.5. The molecule has 1 aromatic carbocycles. The molecule has 0 aliphatic heterocycles. The van der Waals surface area contributed by atoms with Gasteiger partial charge in [0.2, 0.25) is 0 Å². The Labute approximate surface area is 99.6 Å². The lowest BCUT2D eigenvalue weighted by atomic mass is 10.1. The first-order valence-corrected chi connectivity index (χ1v) is 6.29. The van der Waals surface area contributed by atoms with E-state index in [1.807, 2.05) is 6.07 Å². The van der Waals surface area contributed by atoms with Gasteiger partial charge in [-0.25, -0.2) is 4.39 Å². The van der Waals surface area contributed by atoms with Gasteiger partial charge in [0.05, 0.1) is 11.6 Å². The van der Waals surface area contributed by atoms with E-state index in [1.54, 1.807) is 23.9 Å². The summed E-state index contributed by atoms with van der Waals surface area (Å²) in [5.74, 6) is 1.70. The first-order chi connectivity index (χ1) is 7.67. The molecule has 1 aromatic rings. The molecule has 2 N–H and O–H groups in total. The molecule has 0 saturated carbocycles. The van der Waals surface area contributed by atoms with Gasteiger partial charge in [-0.3, -0.25) is 0 Å². The smallest absolute Gasteiger partial charge is 0.128 e. The summed E-state index contributed by atoms with van der Waals surface area (Å²) in [6.07, 6.45) is 0. The van der Waals surface area contributed by atoms with Crippen molar-refractivity contribution in [2.24, 2.45) is 11.7 Å². The second-order valence-electron chi connectivity index (χ2n) is 3.77. The molecule has 86 valence electrons. The van der Waals surface area contributed by atoms with E-state index in [0.717, 1.165) is 5.75 Å². The molecule has 2 nitrogen and oxygen atoms in total. The molecule has 0 aliphatic rings. The van der Waals surface area contributed by atoms with Crippen molar-refractivity contribution in [1.29, 1.82) is 5.26 Å². The third-order valence-corrected chi connectivity index (χ3v) is 3.56. The van der Waals surface area contributed by atoms with Crippen molar-refractivity contribution < 1.29 is 4.39 Å². The van der Waals surface area contributed by atoms with Gasteiger partial charge in [0.25, 0.3) is 0 Å². The van der Waals surface area contributed by atoms with Crippen LogP contribution >= 0.6 is 11.8 Å². The van der Waals surface area contributed by atoms with Crippen LogP contribution in [0.2, 0.25) is 0 Å². The van der Waals surface area contributed by atoms with Crippen LogP contribution in [-0.4, -0.2) is 12.3 Å². The van der Waals surface area contributed by atoms with Crippen LogP contribution in [0.4, 0.5) is 4.39 Å². The van der Waals surface area contributed by atoms with E-state index in [1.165, 1.54) is 6.07 Å². The van der Waals surface area contributed by atoms with Crippen LogP contribution in [0, 0.1) is 23.1 Å². The van der Waals surface area contributed by atoms with Gasteiger partial charge in [-0.05, 0) is 35.9 Å². The van der Waals surface area contributed by atoms with Crippen LogP contribution in [-0.2, 0) is 5.75 Å². The summed E-state index contributed by atoms with van der Waals surface area (Å²) < 4.78 is 13.5. The van der Waals surface area contributed by atoms with Crippen molar-refractivity contribution in [3.8, 4) is 6.07 Å². The van der Waals surface area contributed by atoms with E-state index in [2.05, 4.69) is 6.92 Å². The normalized spacial score (nSPS) is 12.1. The van der Waals surface area contributed by atoms with E-state index in [9.17, 15) is 4.39 Å². The Kier molecular flexibility index (Phi) is 5.30. The van der Waals surface area contributed by atoms with Gasteiger partial charge in [0.15, 0.2) is 0 Å². The second kappa shape index (κ2) is 6.51. The summed E-state index contributed by atoms with van der Waals surface area (Å²) in [6.45, 7) is 2.73. The fourth-order valence-corrected chi connectivity index (χ4v) is 2.28. The summed E-state index contributed by atoms with van der Waals surface area (Å²) in [7, 11) is 0. The molecular formula is C12H15FN2S. The Hall–Kier alpha value is -1.05. The van der Waals surface area contributed by atoms with Crippen molar-refractivity contribution in [2.45, 2.75) is 12.7 Å². The molecule has 0 fully saturated rings. The van der Waals surface area contributed by atoms with Gasteiger partial charge >= 0.3 is 0 Å². The third kappa shape index (κ3) is 3.84. The van der Waals surface area contributed by atoms with Gasteiger partial charge in [-0.15, -0.1) is 0 Å². The summed E-state index contributed by atoms with van der Waals surface area (Å²) in [6, 6.07) is 6.51.